The van der Waals surface area contributed by atoms with E-state index >= 15 is 0 Å². The van der Waals surface area contributed by atoms with E-state index in [1.165, 1.54) is 0 Å². The first kappa shape index (κ1) is 17.2. The lowest BCUT2D eigenvalue weighted by molar-refractivity contribution is -0.136. The molecule has 25 heavy (non-hydrogen) atoms. The molecular weight excluding hydrogens is 320 g/mol. The van der Waals surface area contributed by atoms with Crippen molar-refractivity contribution in [2.75, 3.05) is 30.3 Å². The first-order valence-corrected chi connectivity index (χ1v) is 8.31. The molecule has 0 aliphatic carbocycles. The van der Waals surface area contributed by atoms with Gasteiger partial charge in [0.15, 0.2) is 0 Å². The van der Waals surface area contributed by atoms with Gasteiger partial charge < -0.3 is 20.5 Å². The van der Waals surface area contributed by atoms with Gasteiger partial charge in [0.1, 0.15) is 11.9 Å². The Hall–Kier alpha value is -2.67. The summed E-state index contributed by atoms with van der Waals surface area (Å²) in [5, 5.41) is 9.01. The summed E-state index contributed by atoms with van der Waals surface area (Å²) in [7, 11) is 0. The second kappa shape index (κ2) is 7.48. The number of nitrogens with zero attached hydrogens (tertiary/aromatic N) is 3. The summed E-state index contributed by atoms with van der Waals surface area (Å²) in [6, 6.07) is 10.0. The van der Waals surface area contributed by atoms with Crippen LogP contribution in [0.5, 0.6) is 0 Å². The number of nitrogens with two attached hydrogens (primary N) is 1. The molecule has 0 bridgehead atoms. The van der Waals surface area contributed by atoms with Crippen molar-refractivity contribution in [2.45, 2.75) is 25.9 Å². The van der Waals surface area contributed by atoms with E-state index in [-0.39, 0.29) is 18.5 Å². The first-order chi connectivity index (χ1) is 12.0. The summed E-state index contributed by atoms with van der Waals surface area (Å²) in [4.78, 5) is 21.7. The maximum atomic E-state index is 11.0. The molecule has 3 rings (SSSR count). The molecule has 2 heterocycles. The molecule has 3 N–H and O–H groups in total. The minimum atomic E-state index is -0.841. The second-order valence-corrected chi connectivity index (χ2v) is 6.08. The molecule has 0 amide bonds. The van der Waals surface area contributed by atoms with E-state index in [2.05, 4.69) is 14.9 Å². The molecule has 1 aliphatic heterocycles. The number of anilines is 2. The van der Waals surface area contributed by atoms with E-state index in [9.17, 15) is 4.79 Å². The van der Waals surface area contributed by atoms with Gasteiger partial charge in [0.05, 0.1) is 6.61 Å². The zero-order chi connectivity index (χ0) is 17.8. The zero-order valence-electron chi connectivity index (χ0n) is 14.2. The number of carboxylic acid groups (broad SMARTS) is 1. The molecule has 0 spiro atoms. The van der Waals surface area contributed by atoms with Crippen molar-refractivity contribution >= 4 is 17.7 Å². The number of aliphatic carboxylic acids is 1. The quantitative estimate of drug-likeness (QED) is 0.856. The monoisotopic (exact) mass is 342 g/mol. The van der Waals surface area contributed by atoms with Crippen molar-refractivity contribution < 1.29 is 14.6 Å². The Morgan fingerprint density at radius 1 is 1.36 bits per heavy atom. The summed E-state index contributed by atoms with van der Waals surface area (Å²) < 4.78 is 5.90. The molecule has 0 unspecified atom stereocenters. The number of aryl methyl sites for hydroxylation is 1. The van der Waals surface area contributed by atoms with Gasteiger partial charge in [-0.15, -0.1) is 0 Å². The van der Waals surface area contributed by atoms with Crippen LogP contribution in [0.2, 0.25) is 0 Å². The lowest BCUT2D eigenvalue weighted by Gasteiger charge is -2.35. The van der Waals surface area contributed by atoms with Crippen LogP contribution in [0.1, 0.15) is 29.3 Å². The molecule has 1 aliphatic rings. The lowest BCUT2D eigenvalue weighted by atomic mass is 10.1. The number of carboxylic acids is 1. The molecule has 2 aromatic rings. The topological polar surface area (TPSA) is 102 Å². The average Bonchev–Trinajstić information content (AvgIpc) is 2.61. The van der Waals surface area contributed by atoms with E-state index in [0.717, 1.165) is 22.6 Å². The number of morpholine rings is 1. The number of carbonyl (C=O) groups is 1. The van der Waals surface area contributed by atoms with Gasteiger partial charge in [-0.1, -0.05) is 30.3 Å². The zero-order valence-corrected chi connectivity index (χ0v) is 14.2. The van der Waals surface area contributed by atoms with Crippen LogP contribution in [0.4, 0.5) is 11.8 Å². The molecule has 7 heteroatoms. The van der Waals surface area contributed by atoms with Gasteiger partial charge in [-0.05, 0) is 18.9 Å². The lowest BCUT2D eigenvalue weighted by Crippen LogP contribution is -2.39. The van der Waals surface area contributed by atoms with Crippen LogP contribution >= 0.6 is 0 Å². The Bertz CT molecular complexity index is 751. The highest BCUT2D eigenvalue weighted by molar-refractivity contribution is 5.68. The average molecular weight is 342 g/mol. The number of nitrogen functional groups attached to an aromatic ring is 1. The molecule has 1 aromatic heterocycles. The van der Waals surface area contributed by atoms with E-state index in [1.807, 2.05) is 37.3 Å². The Balaban J connectivity index is 1.88. The summed E-state index contributed by atoms with van der Waals surface area (Å²) in [5.74, 6) is 0.0797. The molecule has 0 radical (unpaired) electrons. The van der Waals surface area contributed by atoms with Gasteiger partial charge in [-0.25, -0.2) is 4.98 Å². The van der Waals surface area contributed by atoms with Gasteiger partial charge in [0.2, 0.25) is 5.95 Å². The molecule has 1 atom stereocenters. The SMILES string of the molecule is Cc1nc(N)nc(N2CCO[C@@H](c3ccccc3)C2)c1CCC(=O)O. The fourth-order valence-corrected chi connectivity index (χ4v) is 3.10. The van der Waals surface area contributed by atoms with Crippen molar-refractivity contribution in [2.24, 2.45) is 0 Å². The highest BCUT2D eigenvalue weighted by atomic mass is 16.5. The Kier molecular flexibility index (Phi) is 5.14. The van der Waals surface area contributed by atoms with Crippen molar-refractivity contribution in [3.05, 3.63) is 47.2 Å². The predicted octanol–water partition coefficient (Wildman–Crippen LogP) is 1.96. The first-order valence-electron chi connectivity index (χ1n) is 8.31. The minimum Gasteiger partial charge on any atom is -0.481 e. The largest absolute Gasteiger partial charge is 0.481 e. The van der Waals surface area contributed by atoms with Crippen molar-refractivity contribution in [1.29, 1.82) is 0 Å². The molecule has 1 fully saturated rings. The summed E-state index contributed by atoms with van der Waals surface area (Å²) in [6.07, 6.45) is 0.358. The van der Waals surface area contributed by atoms with Gasteiger partial charge in [0.25, 0.3) is 0 Å². The van der Waals surface area contributed by atoms with Crippen LogP contribution in [-0.4, -0.2) is 40.7 Å². The normalized spacial score (nSPS) is 17.5. The van der Waals surface area contributed by atoms with Crippen molar-refractivity contribution in [1.82, 2.24) is 9.97 Å². The third-order valence-electron chi connectivity index (χ3n) is 4.34. The van der Waals surface area contributed by atoms with Crippen LogP contribution in [0.15, 0.2) is 30.3 Å². The fourth-order valence-electron chi connectivity index (χ4n) is 3.10. The van der Waals surface area contributed by atoms with Crippen LogP contribution in [0.25, 0.3) is 0 Å². The maximum Gasteiger partial charge on any atom is 0.303 e. The third kappa shape index (κ3) is 4.06. The maximum absolute atomic E-state index is 11.0. The van der Waals surface area contributed by atoms with E-state index in [1.54, 1.807) is 0 Å². The van der Waals surface area contributed by atoms with Gasteiger partial charge >= 0.3 is 5.97 Å². The molecule has 0 saturated carbocycles. The summed E-state index contributed by atoms with van der Waals surface area (Å²) in [6.45, 7) is 3.73. The Morgan fingerprint density at radius 2 is 2.12 bits per heavy atom. The second-order valence-electron chi connectivity index (χ2n) is 6.08. The third-order valence-corrected chi connectivity index (χ3v) is 4.34. The van der Waals surface area contributed by atoms with Crippen molar-refractivity contribution in [3.63, 3.8) is 0 Å². The summed E-state index contributed by atoms with van der Waals surface area (Å²) >= 11 is 0. The molecular formula is C18H22N4O3. The van der Waals surface area contributed by atoms with Crippen molar-refractivity contribution in [3.8, 4) is 0 Å². The van der Waals surface area contributed by atoms with E-state index in [0.29, 0.717) is 26.1 Å². The number of aromatic nitrogens is 2. The van der Waals surface area contributed by atoms with Gasteiger partial charge in [-0.2, -0.15) is 4.98 Å². The number of hydrogen-bond donors (Lipinski definition) is 2. The summed E-state index contributed by atoms with van der Waals surface area (Å²) in [5.41, 5.74) is 8.52. The highest BCUT2D eigenvalue weighted by Gasteiger charge is 2.26. The number of benzene rings is 1. The Morgan fingerprint density at radius 3 is 2.84 bits per heavy atom. The standard InChI is InChI=1S/C18H22N4O3/c1-12-14(7-8-16(23)24)17(21-18(19)20-12)22-9-10-25-15(11-22)13-5-3-2-4-6-13/h2-6,15H,7-11H2,1H3,(H,23,24)(H2,19,20,21)/t15-/m1/s1. The van der Waals surface area contributed by atoms with E-state index < -0.39 is 5.97 Å². The fraction of sp³-hybridized carbons (Fsp3) is 0.389. The highest BCUT2D eigenvalue weighted by Crippen LogP contribution is 2.29. The number of ether oxygens (including phenoxy) is 1. The van der Waals surface area contributed by atoms with Gasteiger partial charge in [0, 0.05) is 30.8 Å². The van der Waals surface area contributed by atoms with Crippen LogP contribution in [0.3, 0.4) is 0 Å². The van der Waals surface area contributed by atoms with Gasteiger partial charge in [-0.3, -0.25) is 4.79 Å². The number of rotatable bonds is 5. The predicted molar refractivity (Wildman–Crippen MR) is 94.5 cm³/mol. The minimum absolute atomic E-state index is 0.0353. The molecule has 1 aromatic carbocycles. The number of hydrogen-bond acceptors (Lipinski definition) is 6. The smallest absolute Gasteiger partial charge is 0.303 e. The molecule has 7 nitrogen and oxygen atoms in total. The van der Waals surface area contributed by atoms with Crippen LogP contribution in [-0.2, 0) is 16.0 Å². The van der Waals surface area contributed by atoms with E-state index in [4.69, 9.17) is 15.6 Å². The molecule has 1 saturated heterocycles. The van der Waals surface area contributed by atoms with Crippen LogP contribution < -0.4 is 10.6 Å². The molecule has 132 valence electrons. The van der Waals surface area contributed by atoms with Crippen LogP contribution in [0, 0.1) is 6.92 Å². The Labute approximate surface area is 146 Å².